The van der Waals surface area contributed by atoms with Gasteiger partial charge in [0.15, 0.2) is 5.76 Å². The lowest BCUT2D eigenvalue weighted by molar-refractivity contribution is 0.599. The molecule has 2 heteroatoms. The fourth-order valence-corrected chi connectivity index (χ4v) is 1.49. The van der Waals surface area contributed by atoms with Gasteiger partial charge in [-0.25, -0.2) is 0 Å². The van der Waals surface area contributed by atoms with E-state index in [0.717, 1.165) is 16.5 Å². The van der Waals surface area contributed by atoms with Crippen LogP contribution in [0.25, 0.3) is 11.0 Å². The average Bonchev–Trinajstić information content (AvgIpc) is 2.63. The Labute approximate surface area is 89.1 Å². The SMILES string of the molecule is Cc1cccc2cc(C#CCCN)oc12. The van der Waals surface area contributed by atoms with Crippen molar-refractivity contribution in [3.05, 3.63) is 35.6 Å². The Kier molecular flexibility index (Phi) is 2.75. The molecule has 1 heterocycles. The Morgan fingerprint density at radius 1 is 1.40 bits per heavy atom. The Bertz CT molecular complexity index is 528. The van der Waals surface area contributed by atoms with E-state index in [2.05, 4.69) is 11.8 Å². The average molecular weight is 199 g/mol. The predicted octanol–water partition coefficient (Wildman–Crippen LogP) is 2.44. The summed E-state index contributed by atoms with van der Waals surface area (Å²) < 4.78 is 5.63. The van der Waals surface area contributed by atoms with E-state index in [4.69, 9.17) is 10.2 Å². The quantitative estimate of drug-likeness (QED) is 0.716. The van der Waals surface area contributed by atoms with Crippen LogP contribution < -0.4 is 5.73 Å². The lowest BCUT2D eigenvalue weighted by Gasteiger charge is -1.90. The zero-order valence-electron chi connectivity index (χ0n) is 8.71. The minimum Gasteiger partial charge on any atom is -0.447 e. The van der Waals surface area contributed by atoms with Gasteiger partial charge in [0.25, 0.3) is 0 Å². The topological polar surface area (TPSA) is 39.2 Å². The summed E-state index contributed by atoms with van der Waals surface area (Å²) in [5.74, 6) is 6.64. The van der Waals surface area contributed by atoms with Gasteiger partial charge in [0.2, 0.25) is 0 Å². The van der Waals surface area contributed by atoms with Crippen LogP contribution in [0.3, 0.4) is 0 Å². The van der Waals surface area contributed by atoms with Crippen molar-refractivity contribution in [2.75, 3.05) is 6.54 Å². The van der Waals surface area contributed by atoms with Gasteiger partial charge >= 0.3 is 0 Å². The molecule has 2 N–H and O–H groups in total. The van der Waals surface area contributed by atoms with Crippen molar-refractivity contribution >= 4 is 11.0 Å². The maximum absolute atomic E-state index is 5.63. The van der Waals surface area contributed by atoms with Crippen molar-refractivity contribution in [2.24, 2.45) is 5.73 Å². The zero-order chi connectivity index (χ0) is 10.7. The van der Waals surface area contributed by atoms with E-state index < -0.39 is 0 Å². The Balaban J connectivity index is 2.40. The van der Waals surface area contributed by atoms with Crippen molar-refractivity contribution in [1.82, 2.24) is 0 Å². The van der Waals surface area contributed by atoms with Crippen molar-refractivity contribution in [3.63, 3.8) is 0 Å². The van der Waals surface area contributed by atoms with E-state index in [1.165, 1.54) is 0 Å². The monoisotopic (exact) mass is 199 g/mol. The molecule has 0 unspecified atom stereocenters. The number of benzene rings is 1. The molecule has 0 saturated heterocycles. The molecule has 0 radical (unpaired) electrons. The minimum atomic E-state index is 0.590. The molecule has 1 aromatic carbocycles. The molecule has 0 spiro atoms. The van der Waals surface area contributed by atoms with Gasteiger partial charge in [-0.15, -0.1) is 0 Å². The number of furan rings is 1. The highest BCUT2D eigenvalue weighted by Crippen LogP contribution is 2.21. The van der Waals surface area contributed by atoms with E-state index in [9.17, 15) is 0 Å². The molecule has 0 bridgehead atoms. The van der Waals surface area contributed by atoms with Crippen molar-refractivity contribution in [3.8, 4) is 11.8 Å². The third kappa shape index (κ3) is 2.03. The Morgan fingerprint density at radius 2 is 2.27 bits per heavy atom. The number of fused-ring (bicyclic) bond motifs is 1. The molecule has 1 aromatic heterocycles. The number of para-hydroxylation sites is 1. The normalized spacial score (nSPS) is 10.0. The van der Waals surface area contributed by atoms with Gasteiger partial charge in [0, 0.05) is 24.4 Å². The highest BCUT2D eigenvalue weighted by molar-refractivity contribution is 5.81. The molecule has 0 aliphatic rings. The number of nitrogens with two attached hydrogens (primary N) is 1. The fraction of sp³-hybridized carbons (Fsp3) is 0.231. The van der Waals surface area contributed by atoms with E-state index in [1.54, 1.807) is 0 Å². The Morgan fingerprint density at radius 3 is 3.00 bits per heavy atom. The zero-order valence-corrected chi connectivity index (χ0v) is 8.71. The number of hydrogen-bond acceptors (Lipinski definition) is 2. The highest BCUT2D eigenvalue weighted by atomic mass is 16.3. The van der Waals surface area contributed by atoms with E-state index in [0.29, 0.717) is 18.7 Å². The first kappa shape index (κ1) is 9.82. The van der Waals surface area contributed by atoms with Crippen LogP contribution in [0.4, 0.5) is 0 Å². The lowest BCUT2D eigenvalue weighted by atomic mass is 10.2. The molecule has 2 aromatic rings. The van der Waals surface area contributed by atoms with Crippen LogP contribution in [-0.2, 0) is 0 Å². The third-order valence-corrected chi connectivity index (χ3v) is 2.22. The molecule has 0 saturated carbocycles. The van der Waals surface area contributed by atoms with Gasteiger partial charge in [-0.3, -0.25) is 0 Å². The van der Waals surface area contributed by atoms with Gasteiger partial charge in [0.05, 0.1) is 0 Å². The van der Waals surface area contributed by atoms with Gasteiger partial charge in [0.1, 0.15) is 5.58 Å². The third-order valence-electron chi connectivity index (χ3n) is 2.22. The first-order valence-electron chi connectivity index (χ1n) is 4.99. The van der Waals surface area contributed by atoms with Gasteiger partial charge in [-0.1, -0.05) is 24.1 Å². The molecule has 0 aliphatic heterocycles. The van der Waals surface area contributed by atoms with Crippen LogP contribution >= 0.6 is 0 Å². The van der Waals surface area contributed by atoms with Crippen LogP contribution in [0.15, 0.2) is 28.7 Å². The first-order chi connectivity index (χ1) is 7.31. The second kappa shape index (κ2) is 4.20. The molecule has 2 rings (SSSR count). The first-order valence-corrected chi connectivity index (χ1v) is 4.99. The minimum absolute atomic E-state index is 0.590. The second-order valence-corrected chi connectivity index (χ2v) is 3.44. The number of aryl methyl sites for hydroxylation is 1. The standard InChI is InChI=1S/C13H13NO/c1-10-5-4-6-11-9-12(15-13(10)11)7-2-3-8-14/h4-6,9H,3,8,14H2,1H3. The van der Waals surface area contributed by atoms with Gasteiger partial charge < -0.3 is 10.2 Å². The van der Waals surface area contributed by atoms with Crippen LogP contribution in [0.5, 0.6) is 0 Å². The summed E-state index contributed by atoms with van der Waals surface area (Å²) in [6, 6.07) is 8.04. The van der Waals surface area contributed by atoms with Crippen molar-refractivity contribution in [1.29, 1.82) is 0 Å². The maximum atomic E-state index is 5.63. The summed E-state index contributed by atoms with van der Waals surface area (Å²) >= 11 is 0. The van der Waals surface area contributed by atoms with Crippen LogP contribution in [-0.4, -0.2) is 6.54 Å². The summed E-state index contributed by atoms with van der Waals surface area (Å²) in [6.45, 7) is 2.62. The van der Waals surface area contributed by atoms with Gasteiger partial charge in [-0.05, 0) is 18.4 Å². The molecule has 0 amide bonds. The molecule has 0 atom stereocenters. The highest BCUT2D eigenvalue weighted by Gasteiger charge is 2.02. The van der Waals surface area contributed by atoms with Crippen molar-refractivity contribution in [2.45, 2.75) is 13.3 Å². The molecule has 0 aliphatic carbocycles. The molecule has 0 fully saturated rings. The molecular weight excluding hydrogens is 186 g/mol. The molecule has 76 valence electrons. The van der Waals surface area contributed by atoms with Crippen LogP contribution in [0, 0.1) is 18.8 Å². The second-order valence-electron chi connectivity index (χ2n) is 3.44. The molecule has 2 nitrogen and oxygen atoms in total. The largest absolute Gasteiger partial charge is 0.447 e. The van der Waals surface area contributed by atoms with Crippen LogP contribution in [0.1, 0.15) is 17.7 Å². The predicted molar refractivity (Wildman–Crippen MR) is 61.5 cm³/mol. The molecular formula is C13H13NO. The summed E-state index contributed by atoms with van der Waals surface area (Å²) in [5, 5.41) is 1.10. The smallest absolute Gasteiger partial charge is 0.178 e. The summed E-state index contributed by atoms with van der Waals surface area (Å²) in [7, 11) is 0. The van der Waals surface area contributed by atoms with E-state index >= 15 is 0 Å². The van der Waals surface area contributed by atoms with Crippen molar-refractivity contribution < 1.29 is 4.42 Å². The lowest BCUT2D eigenvalue weighted by Crippen LogP contribution is -1.95. The molecule has 15 heavy (non-hydrogen) atoms. The summed E-state index contributed by atoms with van der Waals surface area (Å²) in [4.78, 5) is 0. The van der Waals surface area contributed by atoms with Crippen LogP contribution in [0.2, 0.25) is 0 Å². The van der Waals surface area contributed by atoms with E-state index in [1.807, 2.05) is 31.2 Å². The maximum Gasteiger partial charge on any atom is 0.178 e. The van der Waals surface area contributed by atoms with E-state index in [-0.39, 0.29) is 0 Å². The summed E-state index contributed by atoms with van der Waals surface area (Å²) in [6.07, 6.45) is 0.704. The number of rotatable bonds is 1. The fourth-order valence-electron chi connectivity index (χ4n) is 1.49. The number of hydrogen-bond donors (Lipinski definition) is 1. The van der Waals surface area contributed by atoms with Gasteiger partial charge in [-0.2, -0.15) is 0 Å². The Hall–Kier alpha value is -1.72. The summed E-state index contributed by atoms with van der Waals surface area (Å²) in [5.41, 5.74) is 7.42.